The third kappa shape index (κ3) is 1.91. The summed E-state index contributed by atoms with van der Waals surface area (Å²) in [5.41, 5.74) is 0.479. The first-order chi connectivity index (χ1) is 5.74. The van der Waals surface area contributed by atoms with Crippen molar-refractivity contribution in [1.82, 2.24) is 9.97 Å². The van der Waals surface area contributed by atoms with E-state index in [1.54, 1.807) is 0 Å². The van der Waals surface area contributed by atoms with Gasteiger partial charge >= 0.3 is 0 Å². The van der Waals surface area contributed by atoms with Crippen molar-refractivity contribution < 1.29 is 9.53 Å². The number of ether oxygens (including phenoxy) is 1. The van der Waals surface area contributed by atoms with Gasteiger partial charge in [-0.15, -0.1) is 0 Å². The van der Waals surface area contributed by atoms with E-state index in [0.717, 1.165) is 0 Å². The van der Waals surface area contributed by atoms with E-state index < -0.39 is 0 Å². The standard InChI is InChI=1S/C7H9N3O2/c1-5(11)10-6-3-8-4-9-7(6)12-2/h3-4H,1-2H3,(H,10,11). The largest absolute Gasteiger partial charge is 0.479 e. The lowest BCUT2D eigenvalue weighted by atomic mass is 10.5. The fourth-order valence-corrected chi connectivity index (χ4v) is 0.756. The summed E-state index contributed by atoms with van der Waals surface area (Å²) in [6, 6.07) is 0. The molecule has 1 aromatic heterocycles. The smallest absolute Gasteiger partial charge is 0.240 e. The van der Waals surface area contributed by atoms with Crippen molar-refractivity contribution in [1.29, 1.82) is 0 Å². The number of carbonyl (C=O) groups excluding carboxylic acids is 1. The maximum atomic E-state index is 10.7. The molecule has 0 aliphatic carbocycles. The molecular weight excluding hydrogens is 158 g/mol. The van der Waals surface area contributed by atoms with Crippen LogP contribution in [0.3, 0.4) is 0 Å². The minimum atomic E-state index is -0.178. The molecule has 1 heterocycles. The molecule has 1 rings (SSSR count). The summed E-state index contributed by atoms with van der Waals surface area (Å²) >= 11 is 0. The normalized spacial score (nSPS) is 9.17. The molecular formula is C7H9N3O2. The van der Waals surface area contributed by atoms with E-state index in [2.05, 4.69) is 15.3 Å². The summed E-state index contributed by atoms with van der Waals surface area (Å²) in [6.45, 7) is 1.41. The molecule has 0 aliphatic heterocycles. The van der Waals surface area contributed by atoms with Crippen LogP contribution in [0.2, 0.25) is 0 Å². The van der Waals surface area contributed by atoms with Gasteiger partial charge in [-0.25, -0.2) is 4.98 Å². The molecule has 0 fully saturated rings. The fraction of sp³-hybridized carbons (Fsp3) is 0.286. The first-order valence-electron chi connectivity index (χ1n) is 3.35. The highest BCUT2D eigenvalue weighted by molar-refractivity contribution is 5.89. The van der Waals surface area contributed by atoms with Crippen LogP contribution >= 0.6 is 0 Å². The minimum Gasteiger partial charge on any atom is -0.479 e. The molecule has 0 saturated carbocycles. The van der Waals surface area contributed by atoms with Crippen molar-refractivity contribution in [2.45, 2.75) is 6.92 Å². The van der Waals surface area contributed by atoms with Gasteiger partial charge in [0.05, 0.1) is 13.3 Å². The van der Waals surface area contributed by atoms with Gasteiger partial charge in [-0.1, -0.05) is 0 Å². The maximum absolute atomic E-state index is 10.7. The van der Waals surface area contributed by atoms with Crippen LogP contribution in [0.1, 0.15) is 6.92 Å². The minimum absolute atomic E-state index is 0.178. The van der Waals surface area contributed by atoms with E-state index in [-0.39, 0.29) is 5.91 Å². The second kappa shape index (κ2) is 3.66. The lowest BCUT2D eigenvalue weighted by molar-refractivity contribution is -0.114. The van der Waals surface area contributed by atoms with Crippen LogP contribution in [0.4, 0.5) is 5.69 Å². The Morgan fingerprint density at radius 3 is 3.00 bits per heavy atom. The Morgan fingerprint density at radius 1 is 1.67 bits per heavy atom. The summed E-state index contributed by atoms with van der Waals surface area (Å²) in [5, 5.41) is 2.54. The van der Waals surface area contributed by atoms with Gasteiger partial charge in [0.1, 0.15) is 12.0 Å². The molecule has 64 valence electrons. The van der Waals surface area contributed by atoms with Crippen LogP contribution in [0.25, 0.3) is 0 Å². The summed E-state index contributed by atoms with van der Waals surface area (Å²) in [7, 11) is 1.48. The molecule has 5 heteroatoms. The third-order valence-corrected chi connectivity index (χ3v) is 1.18. The molecule has 0 aromatic carbocycles. The SMILES string of the molecule is COc1ncncc1NC(C)=O. The zero-order valence-corrected chi connectivity index (χ0v) is 6.87. The summed E-state index contributed by atoms with van der Waals surface area (Å²) in [5.74, 6) is 0.184. The molecule has 5 nitrogen and oxygen atoms in total. The van der Waals surface area contributed by atoms with Gasteiger partial charge in [0.2, 0.25) is 11.8 Å². The van der Waals surface area contributed by atoms with E-state index in [1.165, 1.54) is 26.6 Å². The number of rotatable bonds is 2. The summed E-state index contributed by atoms with van der Waals surface area (Å²) < 4.78 is 4.88. The van der Waals surface area contributed by atoms with Crippen LogP contribution < -0.4 is 10.1 Å². The zero-order valence-electron chi connectivity index (χ0n) is 6.87. The Labute approximate surface area is 69.8 Å². The van der Waals surface area contributed by atoms with Gasteiger partial charge in [0.25, 0.3) is 0 Å². The predicted molar refractivity (Wildman–Crippen MR) is 42.9 cm³/mol. The number of methoxy groups -OCH3 is 1. The lowest BCUT2D eigenvalue weighted by Crippen LogP contribution is -2.08. The second-order valence-electron chi connectivity index (χ2n) is 2.13. The van der Waals surface area contributed by atoms with Gasteiger partial charge in [-0.3, -0.25) is 4.79 Å². The molecule has 1 amide bonds. The molecule has 0 radical (unpaired) electrons. The highest BCUT2D eigenvalue weighted by Gasteiger charge is 2.03. The van der Waals surface area contributed by atoms with Crippen molar-refractivity contribution in [3.05, 3.63) is 12.5 Å². The lowest BCUT2D eigenvalue weighted by Gasteiger charge is -2.04. The van der Waals surface area contributed by atoms with Crippen molar-refractivity contribution in [3.8, 4) is 5.88 Å². The van der Waals surface area contributed by atoms with E-state index in [0.29, 0.717) is 11.6 Å². The number of carbonyl (C=O) groups is 1. The van der Waals surface area contributed by atoms with E-state index in [9.17, 15) is 4.79 Å². The quantitative estimate of drug-likeness (QED) is 0.694. The number of hydrogen-bond donors (Lipinski definition) is 1. The predicted octanol–water partition coefficient (Wildman–Crippen LogP) is 0.444. The third-order valence-electron chi connectivity index (χ3n) is 1.18. The van der Waals surface area contributed by atoms with Gasteiger partial charge in [-0.05, 0) is 0 Å². The van der Waals surface area contributed by atoms with E-state index in [1.807, 2.05) is 0 Å². The maximum Gasteiger partial charge on any atom is 0.240 e. The number of nitrogens with zero attached hydrogens (tertiary/aromatic N) is 2. The number of nitrogens with one attached hydrogen (secondary N) is 1. The Balaban J connectivity index is 2.89. The van der Waals surface area contributed by atoms with Crippen LogP contribution in [0.5, 0.6) is 5.88 Å². The number of anilines is 1. The highest BCUT2D eigenvalue weighted by Crippen LogP contribution is 2.17. The Hall–Kier alpha value is -1.65. The molecule has 12 heavy (non-hydrogen) atoms. The molecule has 0 saturated heterocycles. The zero-order chi connectivity index (χ0) is 8.97. The van der Waals surface area contributed by atoms with Gasteiger partial charge in [-0.2, -0.15) is 4.98 Å². The Kier molecular flexibility index (Phi) is 2.57. The van der Waals surface area contributed by atoms with Gasteiger partial charge in [0.15, 0.2) is 0 Å². The van der Waals surface area contributed by atoms with Crippen molar-refractivity contribution in [2.75, 3.05) is 12.4 Å². The number of hydrogen-bond acceptors (Lipinski definition) is 4. The monoisotopic (exact) mass is 167 g/mol. The summed E-state index contributed by atoms with van der Waals surface area (Å²) in [4.78, 5) is 18.2. The Morgan fingerprint density at radius 2 is 2.42 bits per heavy atom. The van der Waals surface area contributed by atoms with Gasteiger partial charge < -0.3 is 10.1 Å². The van der Waals surface area contributed by atoms with Crippen LogP contribution in [0, 0.1) is 0 Å². The molecule has 0 spiro atoms. The molecule has 0 bridgehead atoms. The average Bonchev–Trinajstić information content (AvgIpc) is 2.04. The van der Waals surface area contributed by atoms with E-state index >= 15 is 0 Å². The molecule has 0 unspecified atom stereocenters. The molecule has 0 atom stereocenters. The van der Waals surface area contributed by atoms with Gasteiger partial charge in [0, 0.05) is 6.92 Å². The number of amides is 1. The Bertz CT molecular complexity index is 288. The van der Waals surface area contributed by atoms with Crippen molar-refractivity contribution in [2.24, 2.45) is 0 Å². The summed E-state index contributed by atoms with van der Waals surface area (Å²) in [6.07, 6.45) is 2.83. The molecule has 1 N–H and O–H groups in total. The van der Waals surface area contributed by atoms with Crippen molar-refractivity contribution >= 4 is 11.6 Å². The fourth-order valence-electron chi connectivity index (χ4n) is 0.756. The topological polar surface area (TPSA) is 64.1 Å². The number of aromatic nitrogens is 2. The first kappa shape index (κ1) is 8.45. The van der Waals surface area contributed by atoms with E-state index in [4.69, 9.17) is 4.74 Å². The molecule has 0 aliphatic rings. The second-order valence-corrected chi connectivity index (χ2v) is 2.13. The molecule has 1 aromatic rings. The van der Waals surface area contributed by atoms with Crippen LogP contribution in [-0.2, 0) is 4.79 Å². The first-order valence-corrected chi connectivity index (χ1v) is 3.35. The van der Waals surface area contributed by atoms with Crippen LogP contribution in [-0.4, -0.2) is 23.0 Å². The average molecular weight is 167 g/mol. The van der Waals surface area contributed by atoms with Crippen molar-refractivity contribution in [3.63, 3.8) is 0 Å². The highest BCUT2D eigenvalue weighted by atomic mass is 16.5. The van der Waals surface area contributed by atoms with Crippen LogP contribution in [0.15, 0.2) is 12.5 Å².